The normalized spacial score (nSPS) is 37.7. The third-order valence-electron chi connectivity index (χ3n) is 6.36. The molecule has 0 aromatic rings. The van der Waals surface area contributed by atoms with Crippen molar-refractivity contribution in [2.75, 3.05) is 46.4 Å². The molecule has 2 heterocycles. The van der Waals surface area contributed by atoms with E-state index in [-0.39, 0.29) is 18.1 Å². The third kappa shape index (κ3) is 7.78. The zero-order valence-electron chi connectivity index (χ0n) is 20.6. The summed E-state index contributed by atoms with van der Waals surface area (Å²) >= 11 is 0. The van der Waals surface area contributed by atoms with Gasteiger partial charge in [0.15, 0.2) is 6.29 Å². The first kappa shape index (κ1) is 30.8. The molecule has 16 heteroatoms. The Hall–Kier alpha value is -1.44. The van der Waals surface area contributed by atoms with Gasteiger partial charge in [-0.1, -0.05) is 0 Å². The van der Waals surface area contributed by atoms with E-state index >= 15 is 0 Å². The maximum absolute atomic E-state index is 11.6. The predicted molar refractivity (Wildman–Crippen MR) is 120 cm³/mol. The summed E-state index contributed by atoms with van der Waals surface area (Å²) in [5.74, 6) is 0. The number of hydrogen-bond donors (Lipinski definition) is 8. The van der Waals surface area contributed by atoms with E-state index in [1.54, 1.807) is 0 Å². The molecule has 0 amide bonds. The molecule has 0 aromatic heterocycles. The molecule has 0 saturated carbocycles. The number of hydrazine groups is 1. The lowest BCUT2D eigenvalue weighted by molar-refractivity contribution is -0.709. The van der Waals surface area contributed by atoms with Crippen LogP contribution in [0.25, 0.3) is 0 Å². The molecule has 0 spiro atoms. The number of hydrogen-bond acceptors (Lipinski definition) is 13. The predicted octanol–water partition coefficient (Wildman–Crippen LogP) is -3.77. The van der Waals surface area contributed by atoms with E-state index in [0.29, 0.717) is 32.5 Å². The van der Waals surface area contributed by atoms with Gasteiger partial charge in [0, 0.05) is 13.7 Å². The van der Waals surface area contributed by atoms with Crippen molar-refractivity contribution in [1.29, 1.82) is 0 Å². The van der Waals surface area contributed by atoms with Crippen molar-refractivity contribution in [2.45, 2.75) is 81.0 Å². The number of aliphatic hydroxyl groups excluding tert-OH is 5. The van der Waals surface area contributed by atoms with Crippen LogP contribution in [-0.2, 0) is 18.9 Å². The maximum Gasteiger partial charge on any atom is 0.230 e. The molecule has 36 heavy (non-hydrogen) atoms. The quantitative estimate of drug-likeness (QED) is 0.0468. The van der Waals surface area contributed by atoms with Crippen LogP contribution >= 0.6 is 0 Å². The Morgan fingerprint density at radius 2 is 1.69 bits per heavy atom. The second kappa shape index (κ2) is 15.1. The molecule has 2 fully saturated rings. The lowest BCUT2D eigenvalue weighted by Gasteiger charge is -2.46. The van der Waals surface area contributed by atoms with E-state index in [1.807, 2.05) is 0 Å². The van der Waals surface area contributed by atoms with E-state index in [0.717, 1.165) is 0 Å². The minimum atomic E-state index is -1.55. The largest absolute Gasteiger partial charge is 0.569 e. The van der Waals surface area contributed by atoms with Crippen LogP contribution in [0.4, 0.5) is 0 Å². The molecule has 2 saturated heterocycles. The number of aliphatic hydroxyl groups is 5. The highest BCUT2D eigenvalue weighted by Gasteiger charge is 2.50. The molecular formula is C20H41N5O11. The van der Waals surface area contributed by atoms with Gasteiger partial charge in [0.25, 0.3) is 0 Å². The van der Waals surface area contributed by atoms with Crippen molar-refractivity contribution in [3.8, 4) is 0 Å². The molecular weight excluding hydrogens is 486 g/mol. The molecule has 9 N–H and O–H groups in total. The van der Waals surface area contributed by atoms with E-state index in [2.05, 4.69) is 10.6 Å². The third-order valence-corrected chi connectivity index (χ3v) is 6.36. The van der Waals surface area contributed by atoms with Crippen molar-refractivity contribution in [3.63, 3.8) is 0 Å². The maximum atomic E-state index is 11.6. The Bertz CT molecular complexity index is 664. The zero-order chi connectivity index (χ0) is 26.8. The number of rotatable bonds is 14. The number of nitrogens with one attached hydrogen (secondary N) is 1. The molecule has 0 aliphatic carbocycles. The number of nitrogens with two attached hydrogens (primary N) is 1. The number of nitrogens with zero attached hydrogens (tertiary/aromatic N) is 3. The molecule has 2 rings (SSSR count). The van der Waals surface area contributed by atoms with Crippen LogP contribution in [0.5, 0.6) is 0 Å². The fraction of sp³-hybridized carbons (Fsp3) is 1.00. The van der Waals surface area contributed by atoms with Gasteiger partial charge in [-0.25, -0.2) is 0 Å². The van der Waals surface area contributed by atoms with E-state index in [1.165, 1.54) is 19.0 Å². The molecule has 212 valence electrons. The average molecular weight is 528 g/mol. The van der Waals surface area contributed by atoms with Crippen LogP contribution in [-0.4, -0.2) is 148 Å². The monoisotopic (exact) mass is 527 g/mol. The van der Waals surface area contributed by atoms with Crippen molar-refractivity contribution in [1.82, 2.24) is 10.3 Å². The summed E-state index contributed by atoms with van der Waals surface area (Å²) in [5.41, 5.74) is 5.46. The second-order valence-electron chi connectivity index (χ2n) is 8.86. The molecule has 0 bridgehead atoms. The Kier molecular flexibility index (Phi) is 12.9. The minimum absolute atomic E-state index is 0.0985. The first-order chi connectivity index (χ1) is 17.2. The van der Waals surface area contributed by atoms with Gasteiger partial charge in [-0.15, -0.1) is 5.01 Å². The summed E-state index contributed by atoms with van der Waals surface area (Å²) in [6, 6.07) is 0. The highest BCUT2D eigenvalue weighted by Crippen LogP contribution is 2.29. The molecule has 2 aliphatic rings. The summed E-state index contributed by atoms with van der Waals surface area (Å²) < 4.78 is 22.3. The van der Waals surface area contributed by atoms with Gasteiger partial charge in [-0.2, -0.15) is 0 Å². The van der Waals surface area contributed by atoms with Gasteiger partial charge >= 0.3 is 0 Å². The highest BCUT2D eigenvalue weighted by atomic mass is 16.7. The Morgan fingerprint density at radius 3 is 2.31 bits per heavy atom. The van der Waals surface area contributed by atoms with Gasteiger partial charge in [0.05, 0.1) is 30.8 Å². The Labute approximate surface area is 209 Å². The standard InChI is InChI=1S/C20H41N5O11/c1-11-14(27)15(28)19(13(10-26)34-11)36-20-17(30)16(29)18(33-2)12(35-20)9-22-6-4-8-24(7-3-5-21)25(32)23-31/h11-20,22,26-31H,3-10,21H2,1-2H3/b25-23-/t11-,12-,13-,14+,15-,16-,17-,18-,19?,20-/m1/s1. The molecule has 10 atom stereocenters. The second-order valence-corrected chi connectivity index (χ2v) is 8.86. The number of methoxy groups -OCH3 is 1. The summed E-state index contributed by atoms with van der Waals surface area (Å²) in [4.78, 5) is 0.0985. The zero-order valence-corrected chi connectivity index (χ0v) is 20.6. The van der Waals surface area contributed by atoms with Crippen LogP contribution in [0.1, 0.15) is 19.8 Å². The molecule has 2 aliphatic heterocycles. The lowest BCUT2D eigenvalue weighted by Crippen LogP contribution is -2.65. The van der Waals surface area contributed by atoms with Gasteiger partial charge in [-0.3, -0.25) is 0 Å². The van der Waals surface area contributed by atoms with Crippen LogP contribution in [0, 0.1) is 5.21 Å². The molecule has 16 nitrogen and oxygen atoms in total. The van der Waals surface area contributed by atoms with Crippen LogP contribution in [0.3, 0.4) is 0 Å². The van der Waals surface area contributed by atoms with Gasteiger partial charge in [-0.05, 0) is 32.9 Å². The molecule has 0 radical (unpaired) electrons. The van der Waals surface area contributed by atoms with Crippen molar-refractivity contribution in [2.24, 2.45) is 11.0 Å². The fourth-order valence-electron chi connectivity index (χ4n) is 4.31. The molecule has 0 aromatic carbocycles. The van der Waals surface area contributed by atoms with Gasteiger partial charge in [0.2, 0.25) is 5.28 Å². The van der Waals surface area contributed by atoms with Gasteiger partial charge in [0.1, 0.15) is 48.8 Å². The summed E-state index contributed by atoms with van der Waals surface area (Å²) in [7, 11) is 1.35. The van der Waals surface area contributed by atoms with Crippen LogP contribution < -0.4 is 11.1 Å². The average Bonchev–Trinajstić information content (AvgIpc) is 2.88. The summed E-state index contributed by atoms with van der Waals surface area (Å²) in [6.45, 7) is 2.61. The Balaban J connectivity index is 1.95. The summed E-state index contributed by atoms with van der Waals surface area (Å²) in [5, 5.41) is 78.7. The SMILES string of the molecule is CO[C@H]1[C@H](O)[C@@H](O)[C@@H](OC2[C@@H](CO)O[C@H](C)[C@H](O)[C@H]2O)O[C@@H]1CNCCCN(CCCN)/[N+]([O-])=N/O. The van der Waals surface area contributed by atoms with Crippen LogP contribution in [0.15, 0.2) is 5.28 Å². The van der Waals surface area contributed by atoms with E-state index in [4.69, 9.17) is 29.9 Å². The first-order valence-electron chi connectivity index (χ1n) is 12.0. The topological polar surface area (TPSA) is 238 Å². The first-order valence-corrected chi connectivity index (χ1v) is 12.0. The van der Waals surface area contributed by atoms with Crippen molar-refractivity contribution < 1.29 is 54.7 Å². The van der Waals surface area contributed by atoms with Crippen molar-refractivity contribution in [3.05, 3.63) is 5.21 Å². The molecule has 1 unspecified atom stereocenters. The van der Waals surface area contributed by atoms with Gasteiger partial charge < -0.3 is 65.9 Å². The highest BCUT2D eigenvalue weighted by molar-refractivity contribution is 4.95. The fourth-order valence-corrected chi connectivity index (χ4v) is 4.31. The number of ether oxygens (including phenoxy) is 4. The summed E-state index contributed by atoms with van der Waals surface area (Å²) in [6.07, 6.45) is -10.7. The lowest BCUT2D eigenvalue weighted by atomic mass is 9.95. The van der Waals surface area contributed by atoms with E-state index in [9.17, 15) is 30.7 Å². The smallest absolute Gasteiger partial charge is 0.230 e. The van der Waals surface area contributed by atoms with E-state index < -0.39 is 67.8 Å². The minimum Gasteiger partial charge on any atom is -0.569 e. The van der Waals surface area contributed by atoms with Crippen molar-refractivity contribution >= 4 is 0 Å². The van der Waals surface area contributed by atoms with Crippen LogP contribution in [0.2, 0.25) is 0 Å². The Morgan fingerprint density at radius 1 is 1.03 bits per heavy atom.